The molecule has 1 rings (SSSR count). The molecule has 0 aliphatic rings. The van der Waals surface area contributed by atoms with E-state index in [1.165, 1.54) is 4.74 Å². The Bertz CT molecular complexity index is 282. The average Bonchev–Trinajstić information content (AvgIpc) is 2.09. The van der Waals surface area contributed by atoms with Gasteiger partial charge in [0.05, 0.1) is 5.56 Å². The van der Waals surface area contributed by atoms with Crippen LogP contribution in [0.4, 0.5) is 0 Å². The number of aryl methyl sites for hydroxylation is 2. The largest absolute Gasteiger partial charge is 0.381 e. The van der Waals surface area contributed by atoms with Crippen molar-refractivity contribution >= 4 is 0 Å². The second kappa shape index (κ2) is 2.33. The maximum atomic E-state index is 11.1. The van der Waals surface area contributed by atoms with E-state index in [0.29, 0.717) is 0 Å². The molecular formula is C7H11NO2. The molecule has 1 heterocycles. The Hall–Kier alpha value is -0.990. The van der Waals surface area contributed by atoms with Crippen LogP contribution in [0.25, 0.3) is 0 Å². The molecule has 1 aromatic heterocycles. The van der Waals surface area contributed by atoms with Crippen LogP contribution in [-0.4, -0.2) is 4.74 Å². The van der Waals surface area contributed by atoms with Crippen LogP contribution in [0, 0.1) is 6.92 Å². The maximum Gasteiger partial charge on any atom is 0.285 e. The fraction of sp³-hybridized carbons (Fsp3) is 0.571. The van der Waals surface area contributed by atoms with Crippen LogP contribution < -0.4 is 5.56 Å². The second-order valence-electron chi connectivity index (χ2n) is 2.28. The van der Waals surface area contributed by atoms with E-state index < -0.39 is 0 Å². The van der Waals surface area contributed by atoms with Gasteiger partial charge in [-0.05, 0) is 13.3 Å². The molecule has 0 unspecified atom stereocenters. The molecule has 0 N–H and O–H groups in total. The van der Waals surface area contributed by atoms with Gasteiger partial charge in [0.25, 0.3) is 5.56 Å². The molecule has 0 spiro atoms. The Morgan fingerprint density at radius 2 is 2.20 bits per heavy atom. The highest BCUT2D eigenvalue weighted by Gasteiger charge is 2.07. The third kappa shape index (κ3) is 0.875. The molecule has 0 aromatic carbocycles. The van der Waals surface area contributed by atoms with Gasteiger partial charge in [-0.25, -0.2) is 0 Å². The van der Waals surface area contributed by atoms with E-state index in [2.05, 4.69) is 0 Å². The summed E-state index contributed by atoms with van der Waals surface area (Å²) in [4.78, 5) is 11.1. The van der Waals surface area contributed by atoms with Crippen molar-refractivity contribution in [3.05, 3.63) is 21.7 Å². The highest BCUT2D eigenvalue weighted by atomic mass is 16.5. The van der Waals surface area contributed by atoms with Gasteiger partial charge < -0.3 is 4.52 Å². The molecule has 1 aromatic rings. The summed E-state index contributed by atoms with van der Waals surface area (Å²) >= 11 is 0. The minimum atomic E-state index is -0.0139. The molecule has 0 radical (unpaired) electrons. The van der Waals surface area contributed by atoms with E-state index in [-0.39, 0.29) is 5.56 Å². The van der Waals surface area contributed by atoms with E-state index in [4.69, 9.17) is 4.52 Å². The van der Waals surface area contributed by atoms with Gasteiger partial charge >= 0.3 is 0 Å². The van der Waals surface area contributed by atoms with Gasteiger partial charge in [-0.3, -0.25) is 4.79 Å². The minimum absolute atomic E-state index is 0.0139. The first kappa shape index (κ1) is 7.12. The van der Waals surface area contributed by atoms with Crippen LogP contribution in [0.3, 0.4) is 0 Å². The maximum absolute atomic E-state index is 11.1. The molecule has 0 saturated carbocycles. The van der Waals surface area contributed by atoms with E-state index in [1.54, 1.807) is 14.0 Å². The van der Waals surface area contributed by atoms with Crippen molar-refractivity contribution in [1.29, 1.82) is 0 Å². The zero-order valence-corrected chi connectivity index (χ0v) is 6.47. The van der Waals surface area contributed by atoms with Crippen molar-refractivity contribution < 1.29 is 4.52 Å². The van der Waals surface area contributed by atoms with Crippen LogP contribution in [0.2, 0.25) is 0 Å². The molecule has 0 atom stereocenters. The topological polar surface area (TPSA) is 35.1 Å². The Morgan fingerprint density at radius 3 is 2.40 bits per heavy atom. The fourth-order valence-electron chi connectivity index (χ4n) is 1.04. The van der Waals surface area contributed by atoms with E-state index in [9.17, 15) is 4.79 Å². The number of hydrogen-bond acceptors (Lipinski definition) is 2. The lowest BCUT2D eigenvalue weighted by molar-refractivity contribution is 0.283. The molecule has 10 heavy (non-hydrogen) atoms. The van der Waals surface area contributed by atoms with Crippen molar-refractivity contribution in [2.45, 2.75) is 20.3 Å². The molecule has 0 aliphatic carbocycles. The van der Waals surface area contributed by atoms with Crippen molar-refractivity contribution in [3.8, 4) is 0 Å². The van der Waals surface area contributed by atoms with E-state index in [0.717, 1.165) is 17.7 Å². The first-order valence-corrected chi connectivity index (χ1v) is 3.32. The summed E-state index contributed by atoms with van der Waals surface area (Å²) in [6.07, 6.45) is 0.745. The average molecular weight is 141 g/mol. The normalized spacial score (nSPS) is 10.3. The van der Waals surface area contributed by atoms with Crippen LogP contribution in [0.15, 0.2) is 9.32 Å². The van der Waals surface area contributed by atoms with Gasteiger partial charge in [-0.1, -0.05) is 6.92 Å². The molecule has 0 amide bonds. The van der Waals surface area contributed by atoms with Gasteiger partial charge in [0.1, 0.15) is 5.76 Å². The summed E-state index contributed by atoms with van der Waals surface area (Å²) < 4.78 is 6.30. The third-order valence-electron chi connectivity index (χ3n) is 1.60. The van der Waals surface area contributed by atoms with Crippen LogP contribution in [-0.2, 0) is 13.5 Å². The summed E-state index contributed by atoms with van der Waals surface area (Å²) in [5, 5.41) is 0. The van der Waals surface area contributed by atoms with Crippen LogP contribution in [0.1, 0.15) is 18.2 Å². The number of hydrogen-bond donors (Lipinski definition) is 0. The Kier molecular flexibility index (Phi) is 1.66. The third-order valence-corrected chi connectivity index (χ3v) is 1.60. The minimum Gasteiger partial charge on any atom is -0.381 e. The van der Waals surface area contributed by atoms with Gasteiger partial charge in [-0.2, -0.15) is 4.74 Å². The molecule has 0 bridgehead atoms. The number of nitrogens with zero attached hydrogens (tertiary/aromatic N) is 1. The standard InChI is InChI=1S/C7H11NO2/c1-4-6-5(2)10-8(3)7(6)9/h4H2,1-3H3. The lowest BCUT2D eigenvalue weighted by atomic mass is 10.2. The molecule has 0 fully saturated rings. The first-order chi connectivity index (χ1) is 4.66. The summed E-state index contributed by atoms with van der Waals surface area (Å²) in [6.45, 7) is 3.75. The predicted molar refractivity (Wildman–Crippen MR) is 38.1 cm³/mol. The number of aromatic nitrogens is 1. The Morgan fingerprint density at radius 1 is 1.60 bits per heavy atom. The smallest absolute Gasteiger partial charge is 0.285 e. The molecular weight excluding hydrogens is 130 g/mol. The van der Waals surface area contributed by atoms with Gasteiger partial charge in [0.2, 0.25) is 0 Å². The van der Waals surface area contributed by atoms with Crippen molar-refractivity contribution in [3.63, 3.8) is 0 Å². The van der Waals surface area contributed by atoms with E-state index >= 15 is 0 Å². The van der Waals surface area contributed by atoms with Gasteiger partial charge in [0.15, 0.2) is 0 Å². The van der Waals surface area contributed by atoms with Crippen LogP contribution >= 0.6 is 0 Å². The van der Waals surface area contributed by atoms with Gasteiger partial charge in [0, 0.05) is 7.05 Å². The molecule has 0 aliphatic heterocycles. The molecule has 0 saturated heterocycles. The summed E-state index contributed by atoms with van der Waals surface area (Å²) in [6, 6.07) is 0. The zero-order valence-electron chi connectivity index (χ0n) is 6.47. The highest BCUT2D eigenvalue weighted by Crippen LogP contribution is 2.01. The molecule has 56 valence electrons. The lowest BCUT2D eigenvalue weighted by Crippen LogP contribution is -2.13. The Labute approximate surface area is 59.2 Å². The quantitative estimate of drug-likeness (QED) is 0.581. The van der Waals surface area contributed by atoms with Gasteiger partial charge in [-0.15, -0.1) is 0 Å². The van der Waals surface area contributed by atoms with Crippen molar-refractivity contribution in [2.75, 3.05) is 0 Å². The SMILES string of the molecule is CCc1c(C)on(C)c1=O. The Balaban J connectivity index is 3.34. The number of rotatable bonds is 1. The first-order valence-electron chi connectivity index (χ1n) is 3.32. The zero-order chi connectivity index (χ0) is 7.72. The van der Waals surface area contributed by atoms with Crippen molar-refractivity contribution in [2.24, 2.45) is 7.05 Å². The molecule has 3 nitrogen and oxygen atoms in total. The monoisotopic (exact) mass is 141 g/mol. The van der Waals surface area contributed by atoms with Crippen molar-refractivity contribution in [1.82, 2.24) is 4.74 Å². The summed E-state index contributed by atoms with van der Waals surface area (Å²) in [5.74, 6) is 0.731. The second-order valence-corrected chi connectivity index (χ2v) is 2.28. The van der Waals surface area contributed by atoms with E-state index in [1.807, 2.05) is 6.92 Å². The van der Waals surface area contributed by atoms with Crippen LogP contribution in [0.5, 0.6) is 0 Å². The lowest BCUT2D eigenvalue weighted by Gasteiger charge is -1.83. The highest BCUT2D eigenvalue weighted by molar-refractivity contribution is 5.11. The predicted octanol–water partition coefficient (Wildman–Crippen LogP) is 0.849. The molecule has 3 heteroatoms. The fourth-order valence-corrected chi connectivity index (χ4v) is 1.04. The summed E-state index contributed by atoms with van der Waals surface area (Å²) in [5.41, 5.74) is 0.766. The summed E-state index contributed by atoms with van der Waals surface area (Å²) in [7, 11) is 1.62.